The Morgan fingerprint density at radius 3 is 1.78 bits per heavy atom. The molecule has 182 valence electrons. The Morgan fingerprint density at radius 1 is 0.500 bits per heavy atom. The molecule has 36 heavy (non-hydrogen) atoms. The third-order valence-electron chi connectivity index (χ3n) is 6.23. The van der Waals surface area contributed by atoms with E-state index in [-0.39, 0.29) is 0 Å². The molecule has 5 nitrogen and oxygen atoms in total. The number of para-hydroxylation sites is 3. The van der Waals surface area contributed by atoms with Gasteiger partial charge in [0.25, 0.3) is 0 Å². The summed E-state index contributed by atoms with van der Waals surface area (Å²) in [5.41, 5.74) is 6.60. The summed E-state index contributed by atoms with van der Waals surface area (Å²) in [6.07, 6.45) is 2.02. The Balaban J connectivity index is 1.26. The first-order valence-electron chi connectivity index (χ1n) is 12.7. The van der Waals surface area contributed by atoms with Crippen LogP contribution in [0.1, 0.15) is 12.8 Å². The molecule has 5 rings (SSSR count). The van der Waals surface area contributed by atoms with Crippen molar-refractivity contribution in [3.63, 3.8) is 0 Å². The lowest BCUT2D eigenvalue weighted by molar-refractivity contribution is 0.902. The summed E-state index contributed by atoms with van der Waals surface area (Å²) in [5, 5.41) is 16.7. The predicted molar refractivity (Wildman–Crippen MR) is 155 cm³/mol. The zero-order chi connectivity index (χ0) is 24.4. The maximum Gasteiger partial charge on any atom is 0.0732 e. The fourth-order valence-electron chi connectivity index (χ4n) is 4.38. The van der Waals surface area contributed by atoms with Crippen LogP contribution in [0.4, 0.5) is 22.7 Å². The van der Waals surface area contributed by atoms with Crippen LogP contribution >= 0.6 is 0 Å². The Kier molecular flexibility index (Phi) is 7.79. The Bertz CT molecular complexity index is 1390. The summed E-state index contributed by atoms with van der Waals surface area (Å²) >= 11 is 0. The van der Waals surface area contributed by atoms with Gasteiger partial charge < -0.3 is 21.3 Å². The lowest BCUT2D eigenvalue weighted by atomic mass is 10.1. The van der Waals surface area contributed by atoms with Gasteiger partial charge in [0, 0.05) is 48.3 Å². The van der Waals surface area contributed by atoms with Crippen molar-refractivity contribution in [3.05, 3.63) is 103 Å². The van der Waals surface area contributed by atoms with E-state index in [1.54, 1.807) is 0 Å². The maximum absolute atomic E-state index is 4.92. The first-order valence-corrected chi connectivity index (χ1v) is 12.7. The second kappa shape index (κ2) is 11.9. The highest BCUT2D eigenvalue weighted by Gasteiger charge is 2.10. The van der Waals surface area contributed by atoms with E-state index in [2.05, 4.69) is 106 Å². The van der Waals surface area contributed by atoms with Gasteiger partial charge in [-0.25, -0.2) is 4.98 Å². The molecule has 4 aromatic carbocycles. The molecule has 0 aliphatic heterocycles. The summed E-state index contributed by atoms with van der Waals surface area (Å²) in [4.78, 5) is 4.92. The van der Waals surface area contributed by atoms with E-state index >= 15 is 0 Å². The van der Waals surface area contributed by atoms with Crippen LogP contribution in [0.2, 0.25) is 0 Å². The molecule has 5 heteroatoms. The van der Waals surface area contributed by atoms with Gasteiger partial charge in [-0.3, -0.25) is 0 Å². The van der Waals surface area contributed by atoms with Gasteiger partial charge in [0.1, 0.15) is 0 Å². The minimum Gasteiger partial charge on any atom is -0.385 e. The third-order valence-corrected chi connectivity index (χ3v) is 6.23. The average molecular weight is 476 g/mol. The SMILES string of the molecule is c1ccc(NCCCNc2ccc3nc4ccccc4cc3c2NCCCNc2ccccc2)cc1. The molecule has 5 aromatic rings. The number of hydrogen-bond donors (Lipinski definition) is 4. The second-order valence-electron chi connectivity index (χ2n) is 8.88. The topological polar surface area (TPSA) is 61.0 Å². The van der Waals surface area contributed by atoms with Crippen LogP contribution in [0, 0.1) is 0 Å². The number of anilines is 4. The van der Waals surface area contributed by atoms with Crippen molar-refractivity contribution in [3.8, 4) is 0 Å². The summed E-state index contributed by atoms with van der Waals surface area (Å²) < 4.78 is 0. The molecule has 0 fully saturated rings. The molecular weight excluding hydrogens is 442 g/mol. The average Bonchev–Trinajstić information content (AvgIpc) is 2.93. The number of aromatic nitrogens is 1. The van der Waals surface area contributed by atoms with Gasteiger partial charge in [-0.2, -0.15) is 0 Å². The van der Waals surface area contributed by atoms with Crippen LogP contribution in [0.25, 0.3) is 21.8 Å². The van der Waals surface area contributed by atoms with Gasteiger partial charge in [-0.15, -0.1) is 0 Å². The van der Waals surface area contributed by atoms with Crippen molar-refractivity contribution < 1.29 is 0 Å². The fraction of sp³-hybridized carbons (Fsp3) is 0.194. The van der Waals surface area contributed by atoms with Crippen LogP contribution in [0.5, 0.6) is 0 Å². The number of rotatable bonds is 12. The number of nitrogens with one attached hydrogen (secondary N) is 4. The zero-order valence-electron chi connectivity index (χ0n) is 20.5. The minimum atomic E-state index is 0.871. The van der Waals surface area contributed by atoms with E-state index in [1.165, 1.54) is 0 Å². The highest BCUT2D eigenvalue weighted by atomic mass is 15.0. The molecule has 0 aliphatic carbocycles. The third kappa shape index (κ3) is 6.05. The number of benzene rings is 4. The molecule has 4 N–H and O–H groups in total. The number of fused-ring (bicyclic) bond motifs is 2. The zero-order valence-corrected chi connectivity index (χ0v) is 20.5. The van der Waals surface area contributed by atoms with Crippen molar-refractivity contribution in [2.75, 3.05) is 47.4 Å². The molecule has 0 radical (unpaired) electrons. The minimum absolute atomic E-state index is 0.871. The first kappa shape index (κ1) is 23.5. The monoisotopic (exact) mass is 475 g/mol. The normalized spacial score (nSPS) is 10.9. The van der Waals surface area contributed by atoms with E-state index in [4.69, 9.17) is 4.98 Å². The van der Waals surface area contributed by atoms with Crippen molar-refractivity contribution in [1.29, 1.82) is 0 Å². The summed E-state index contributed by atoms with van der Waals surface area (Å²) in [5.74, 6) is 0. The molecule has 0 unspecified atom stereocenters. The fourth-order valence-corrected chi connectivity index (χ4v) is 4.38. The number of hydrogen-bond acceptors (Lipinski definition) is 5. The molecule has 1 heterocycles. The van der Waals surface area contributed by atoms with Crippen LogP contribution in [0.15, 0.2) is 103 Å². The van der Waals surface area contributed by atoms with Crippen LogP contribution in [0.3, 0.4) is 0 Å². The Morgan fingerprint density at radius 2 is 1.08 bits per heavy atom. The summed E-state index contributed by atoms with van der Waals surface area (Å²) in [6.45, 7) is 3.59. The van der Waals surface area contributed by atoms with Gasteiger partial charge >= 0.3 is 0 Å². The molecule has 0 saturated carbocycles. The Labute approximate surface area is 213 Å². The number of pyridine rings is 1. The van der Waals surface area contributed by atoms with Crippen LogP contribution < -0.4 is 21.3 Å². The summed E-state index contributed by atoms with van der Waals surface area (Å²) in [7, 11) is 0. The smallest absolute Gasteiger partial charge is 0.0732 e. The lowest BCUT2D eigenvalue weighted by Crippen LogP contribution is -2.13. The molecule has 0 bridgehead atoms. The van der Waals surface area contributed by atoms with Crippen LogP contribution in [-0.2, 0) is 0 Å². The van der Waals surface area contributed by atoms with E-state index in [0.717, 1.165) is 83.6 Å². The second-order valence-corrected chi connectivity index (χ2v) is 8.88. The van der Waals surface area contributed by atoms with Crippen LogP contribution in [-0.4, -0.2) is 31.2 Å². The van der Waals surface area contributed by atoms with Crippen molar-refractivity contribution in [2.45, 2.75) is 12.8 Å². The largest absolute Gasteiger partial charge is 0.385 e. The summed E-state index contributed by atoms with van der Waals surface area (Å²) in [6, 6.07) is 35.5. The molecule has 1 aromatic heterocycles. The Hall–Kier alpha value is -4.25. The first-order chi connectivity index (χ1) is 17.9. The van der Waals surface area contributed by atoms with Crippen molar-refractivity contribution >= 4 is 44.6 Å². The lowest BCUT2D eigenvalue weighted by Gasteiger charge is -2.17. The molecular formula is C31H33N5. The van der Waals surface area contributed by atoms with Gasteiger partial charge in [-0.1, -0.05) is 54.6 Å². The highest BCUT2D eigenvalue weighted by molar-refractivity contribution is 6.03. The van der Waals surface area contributed by atoms with E-state index < -0.39 is 0 Å². The molecule has 0 saturated heterocycles. The van der Waals surface area contributed by atoms with Gasteiger partial charge in [0.2, 0.25) is 0 Å². The molecule has 0 atom stereocenters. The number of nitrogens with zero attached hydrogens (tertiary/aromatic N) is 1. The highest BCUT2D eigenvalue weighted by Crippen LogP contribution is 2.33. The van der Waals surface area contributed by atoms with Crippen molar-refractivity contribution in [1.82, 2.24) is 4.98 Å². The maximum atomic E-state index is 4.92. The standard InChI is InChI=1S/C31H33N5/c1-3-12-25(13-4-1)32-19-9-21-34-30-18-17-29-27(23-24-11-7-8-16-28(24)36-29)31(30)35-22-10-20-33-26-14-5-2-6-15-26/h1-8,11-18,23,32-35H,9-10,19-22H2. The molecule has 0 amide bonds. The quantitative estimate of drug-likeness (QED) is 0.113. The van der Waals surface area contributed by atoms with Gasteiger partial charge in [-0.05, 0) is 61.4 Å². The molecule has 0 spiro atoms. The predicted octanol–water partition coefficient (Wildman–Crippen LogP) is 7.22. The molecule has 0 aliphatic rings. The van der Waals surface area contributed by atoms with Gasteiger partial charge in [0.15, 0.2) is 0 Å². The van der Waals surface area contributed by atoms with E-state index in [1.807, 2.05) is 18.2 Å². The van der Waals surface area contributed by atoms with E-state index in [0.29, 0.717) is 0 Å². The van der Waals surface area contributed by atoms with Gasteiger partial charge in [0.05, 0.1) is 22.4 Å². The van der Waals surface area contributed by atoms with E-state index in [9.17, 15) is 0 Å². The van der Waals surface area contributed by atoms with Crippen molar-refractivity contribution in [2.24, 2.45) is 0 Å².